The molecule has 19 heteroatoms. The first kappa shape index (κ1) is 62.9. The first-order valence-electron chi connectivity index (χ1n) is 20.8. The highest BCUT2D eigenvalue weighted by Gasteiger charge is 2.32. The van der Waals surface area contributed by atoms with Crippen molar-refractivity contribution in [2.24, 2.45) is 10.8 Å². The van der Waals surface area contributed by atoms with Gasteiger partial charge in [0.1, 0.15) is 0 Å². The number of benzene rings is 6. The van der Waals surface area contributed by atoms with E-state index in [2.05, 4.69) is 0 Å². The minimum Gasteiger partial charge on any atom is -0.478 e. The first-order chi connectivity index (χ1) is 33.9. The molecule has 0 aliphatic rings. The molecular weight excluding hydrogens is 929 g/mol. The summed E-state index contributed by atoms with van der Waals surface area (Å²) in [6.07, 6.45) is 0. The van der Waals surface area contributed by atoms with Crippen molar-refractivity contribution >= 4 is 35.8 Å². The second kappa shape index (κ2) is 36.8. The van der Waals surface area contributed by atoms with E-state index in [0.717, 1.165) is 0 Å². The van der Waals surface area contributed by atoms with Gasteiger partial charge in [-0.15, -0.1) is 0 Å². The Labute approximate surface area is 408 Å². The number of carbonyl (C=O) groups is 6. The van der Waals surface area contributed by atoms with Crippen LogP contribution in [0, 0.1) is 10.8 Å². The molecule has 0 spiro atoms. The first-order valence-corrected chi connectivity index (χ1v) is 20.8. The number of ether oxygens (including phenoxy) is 1. The number of rotatable bonds is 16. The number of aliphatic hydroxyl groups excluding tert-OH is 6. The highest BCUT2D eigenvalue weighted by molar-refractivity contribution is 5.89. The van der Waals surface area contributed by atoms with Gasteiger partial charge in [-0.05, 0) is 72.8 Å². The van der Waals surface area contributed by atoms with Gasteiger partial charge >= 0.3 is 35.8 Å². The van der Waals surface area contributed by atoms with Crippen LogP contribution in [0.4, 0.5) is 0 Å². The SMILES string of the molecule is O=C(O)c1ccccc1.O=C(O)c1ccccc1.O=C(O)c1ccccc1.O=C(O)c1ccccc1.O=C(O)c1ccccc1.O=C(O)c1ccccc1.OCC(CO)(CO)COCC(CO)(CO)CO. The maximum absolute atomic E-state index is 10.2. The summed E-state index contributed by atoms with van der Waals surface area (Å²) in [6.45, 7) is -3.01. The predicted octanol–water partition coefficient (Wildman–Crippen LogP) is 5.24. The van der Waals surface area contributed by atoms with Crippen molar-refractivity contribution in [3.8, 4) is 0 Å². The van der Waals surface area contributed by atoms with Gasteiger partial charge < -0.3 is 66.0 Å². The zero-order valence-electron chi connectivity index (χ0n) is 38.2. The fraction of sp³-hybridized carbons (Fsp3) is 0.192. The van der Waals surface area contributed by atoms with E-state index in [4.69, 9.17) is 66.0 Å². The summed E-state index contributed by atoms with van der Waals surface area (Å²) in [5.41, 5.74) is -0.335. The molecule has 0 radical (unpaired) electrons. The van der Waals surface area contributed by atoms with Crippen LogP contribution in [0.25, 0.3) is 0 Å². The van der Waals surface area contributed by atoms with Gasteiger partial charge in [0.15, 0.2) is 0 Å². The fourth-order valence-corrected chi connectivity index (χ4v) is 4.54. The third kappa shape index (κ3) is 27.5. The van der Waals surface area contributed by atoms with E-state index in [-0.39, 0.29) is 13.2 Å². The smallest absolute Gasteiger partial charge is 0.335 e. The van der Waals surface area contributed by atoms with Gasteiger partial charge in [-0.3, -0.25) is 0 Å². The Bertz CT molecular complexity index is 1940. The van der Waals surface area contributed by atoms with Gasteiger partial charge in [0.2, 0.25) is 0 Å². The van der Waals surface area contributed by atoms with Crippen LogP contribution in [-0.4, -0.2) is 150 Å². The maximum Gasteiger partial charge on any atom is 0.335 e. The van der Waals surface area contributed by atoms with E-state index in [9.17, 15) is 28.8 Å². The largest absolute Gasteiger partial charge is 0.478 e. The lowest BCUT2D eigenvalue weighted by Crippen LogP contribution is -2.43. The van der Waals surface area contributed by atoms with Crippen molar-refractivity contribution in [1.29, 1.82) is 0 Å². The third-order valence-electron chi connectivity index (χ3n) is 8.95. The highest BCUT2D eigenvalue weighted by Crippen LogP contribution is 2.20. The van der Waals surface area contributed by atoms with Gasteiger partial charge in [-0.2, -0.15) is 0 Å². The van der Waals surface area contributed by atoms with Gasteiger partial charge in [0.05, 0.1) is 97.1 Å². The Morgan fingerprint density at radius 2 is 0.394 bits per heavy atom. The number of carboxylic acids is 6. The number of aromatic carboxylic acids is 6. The molecule has 0 unspecified atom stereocenters. The Morgan fingerprint density at radius 1 is 0.268 bits per heavy atom. The Morgan fingerprint density at radius 3 is 0.479 bits per heavy atom. The lowest BCUT2D eigenvalue weighted by Gasteiger charge is -2.31. The van der Waals surface area contributed by atoms with E-state index in [1.807, 2.05) is 0 Å². The molecule has 0 bridgehead atoms. The Kier molecular flexibility index (Phi) is 32.6. The van der Waals surface area contributed by atoms with E-state index < -0.39 is 86.3 Å². The van der Waals surface area contributed by atoms with Crippen LogP contribution in [0.3, 0.4) is 0 Å². The lowest BCUT2D eigenvalue weighted by molar-refractivity contribution is -0.103. The van der Waals surface area contributed by atoms with E-state index in [1.54, 1.807) is 182 Å². The molecule has 0 aromatic heterocycles. The lowest BCUT2D eigenvalue weighted by atomic mass is 9.91. The summed E-state index contributed by atoms with van der Waals surface area (Å²) in [5, 5.41) is 104. The quantitative estimate of drug-likeness (QED) is 0.0590. The molecule has 0 fully saturated rings. The van der Waals surface area contributed by atoms with E-state index >= 15 is 0 Å². The normalized spacial score (nSPS) is 9.89. The van der Waals surface area contributed by atoms with Crippen LogP contribution in [-0.2, 0) is 4.74 Å². The van der Waals surface area contributed by atoms with Crippen molar-refractivity contribution in [2.75, 3.05) is 52.9 Å². The molecule has 0 aliphatic carbocycles. The summed E-state index contributed by atoms with van der Waals surface area (Å²) in [5.74, 6) is -5.27. The maximum atomic E-state index is 10.2. The molecule has 380 valence electrons. The monoisotopic (exact) mass is 986 g/mol. The van der Waals surface area contributed by atoms with Crippen LogP contribution in [0.15, 0.2) is 182 Å². The zero-order valence-corrected chi connectivity index (χ0v) is 38.2. The van der Waals surface area contributed by atoms with Gasteiger partial charge in [-0.1, -0.05) is 109 Å². The molecule has 0 heterocycles. The third-order valence-corrected chi connectivity index (χ3v) is 8.95. The van der Waals surface area contributed by atoms with E-state index in [1.165, 1.54) is 0 Å². The average molecular weight is 987 g/mol. The molecule has 0 aliphatic heterocycles. The minimum atomic E-state index is -1.16. The summed E-state index contributed by atoms with van der Waals surface area (Å²) >= 11 is 0. The van der Waals surface area contributed by atoms with Crippen molar-refractivity contribution in [3.63, 3.8) is 0 Å². The molecular formula is C52H58O19. The second-order valence-corrected chi connectivity index (χ2v) is 14.5. The van der Waals surface area contributed by atoms with Crippen molar-refractivity contribution in [1.82, 2.24) is 0 Å². The number of hydrogen-bond acceptors (Lipinski definition) is 13. The van der Waals surface area contributed by atoms with Crippen molar-refractivity contribution in [2.45, 2.75) is 0 Å². The summed E-state index contributed by atoms with van der Waals surface area (Å²) < 4.78 is 5.15. The topological polar surface area (TPSA) is 354 Å². The molecule has 0 amide bonds. The highest BCUT2D eigenvalue weighted by atomic mass is 16.5. The second-order valence-electron chi connectivity index (χ2n) is 14.5. The van der Waals surface area contributed by atoms with Crippen LogP contribution in [0.1, 0.15) is 62.1 Å². The standard InChI is InChI=1S/C10H22O7.6C7H6O2/c11-1-9(2-12,3-13)7-17-8-10(4-14,5-15)6-16;6*8-7(9)6-4-2-1-3-5-6/h11-16H,1-8H2;6*1-5H,(H,8,9). The van der Waals surface area contributed by atoms with Crippen molar-refractivity contribution in [3.05, 3.63) is 215 Å². The Balaban J connectivity index is 0.000000817. The molecule has 12 N–H and O–H groups in total. The van der Waals surface area contributed by atoms with Crippen LogP contribution in [0.5, 0.6) is 0 Å². The molecule has 19 nitrogen and oxygen atoms in total. The van der Waals surface area contributed by atoms with Crippen LogP contribution >= 0.6 is 0 Å². The molecule has 6 aromatic rings. The van der Waals surface area contributed by atoms with Gasteiger partial charge in [-0.25, -0.2) is 28.8 Å². The summed E-state index contributed by atoms with van der Waals surface area (Å²) in [7, 11) is 0. The van der Waals surface area contributed by atoms with Gasteiger partial charge in [0.25, 0.3) is 0 Å². The Hall–Kier alpha value is -8.14. The number of hydrogen-bond donors (Lipinski definition) is 12. The molecule has 0 saturated heterocycles. The molecule has 6 rings (SSSR count). The molecule has 0 saturated carbocycles. The van der Waals surface area contributed by atoms with Crippen molar-refractivity contribution < 1.29 is 94.8 Å². The summed E-state index contributed by atoms with van der Waals surface area (Å²) in [4.78, 5) is 61.2. The van der Waals surface area contributed by atoms with Crippen LogP contribution < -0.4 is 0 Å². The van der Waals surface area contributed by atoms with Gasteiger partial charge in [0, 0.05) is 0 Å². The number of carboxylic acid groups (broad SMARTS) is 6. The van der Waals surface area contributed by atoms with E-state index in [0.29, 0.717) is 33.4 Å². The summed E-state index contributed by atoms with van der Waals surface area (Å²) in [6, 6.07) is 49.8. The number of aliphatic hydroxyl groups is 6. The molecule has 71 heavy (non-hydrogen) atoms. The molecule has 6 aromatic carbocycles. The average Bonchev–Trinajstić information content (AvgIpc) is 3.41. The minimum absolute atomic E-state index is 0.141. The van der Waals surface area contributed by atoms with Crippen LogP contribution in [0.2, 0.25) is 0 Å². The predicted molar refractivity (Wildman–Crippen MR) is 259 cm³/mol. The fourth-order valence-electron chi connectivity index (χ4n) is 4.54. The zero-order chi connectivity index (χ0) is 53.5. The molecule has 0 atom stereocenters.